The fraction of sp³-hybridized carbons (Fsp3) is 1.00. The standard InChI is InChI=1S/C11H16F9N2O3S/c1-4-21(5-2)7(3)6-22(23)26(24,25)11(19,20)9(14,15)8(12,13)10(16,17)18/h7H,4-6H2,1-3H3/q-1. The second kappa shape index (κ2) is 7.67. The van der Waals surface area contributed by atoms with Crippen LogP contribution >= 0.6 is 0 Å². The van der Waals surface area contributed by atoms with Crippen LogP contribution in [0.15, 0.2) is 0 Å². The topological polar surface area (TPSA) is 63.7 Å². The van der Waals surface area contributed by atoms with E-state index in [0.717, 1.165) is 6.92 Å². The van der Waals surface area contributed by atoms with Gasteiger partial charge in [-0.25, -0.2) is 8.42 Å². The van der Waals surface area contributed by atoms with Gasteiger partial charge in [0.25, 0.3) is 10.0 Å². The van der Waals surface area contributed by atoms with Crippen LogP contribution in [0.2, 0.25) is 0 Å². The normalized spacial score (nSPS) is 16.4. The SMILES string of the molecule is CCN(CC)C(C)CN([O-])S(=O)(=O)C(F)(F)C(F)(F)C(F)(F)C(F)(F)F. The Kier molecular flexibility index (Phi) is 7.44. The predicted molar refractivity (Wildman–Crippen MR) is 72.3 cm³/mol. The highest BCUT2D eigenvalue weighted by Gasteiger charge is 2.85. The molecule has 0 radical (unpaired) electrons. The molecule has 1 atom stereocenters. The number of rotatable bonds is 9. The van der Waals surface area contributed by atoms with Crippen molar-refractivity contribution in [3.05, 3.63) is 5.21 Å². The van der Waals surface area contributed by atoms with Gasteiger partial charge in [0, 0.05) is 12.6 Å². The molecule has 0 heterocycles. The molecule has 0 amide bonds. The first kappa shape index (κ1) is 25.2. The molecule has 0 saturated carbocycles. The van der Waals surface area contributed by atoms with E-state index < -0.39 is 50.4 Å². The van der Waals surface area contributed by atoms with E-state index >= 15 is 0 Å². The van der Waals surface area contributed by atoms with Crippen molar-refractivity contribution in [3.8, 4) is 0 Å². The predicted octanol–water partition coefficient (Wildman–Crippen LogP) is 3.27. The van der Waals surface area contributed by atoms with E-state index in [1.807, 2.05) is 0 Å². The molecule has 0 aromatic heterocycles. The van der Waals surface area contributed by atoms with Gasteiger partial charge in [0.05, 0.1) is 0 Å². The molecular formula is C11H16F9N2O3S-. The molecule has 0 aliphatic rings. The van der Waals surface area contributed by atoms with Gasteiger partial charge >= 0.3 is 23.3 Å². The van der Waals surface area contributed by atoms with Crippen molar-refractivity contribution < 1.29 is 47.9 Å². The lowest BCUT2D eigenvalue weighted by Crippen LogP contribution is -2.65. The second-order valence-corrected chi connectivity index (χ2v) is 7.09. The van der Waals surface area contributed by atoms with E-state index in [4.69, 9.17) is 0 Å². The maximum atomic E-state index is 13.5. The van der Waals surface area contributed by atoms with Crippen molar-refractivity contribution >= 4 is 10.0 Å². The van der Waals surface area contributed by atoms with Gasteiger partial charge < -0.3 is 5.21 Å². The average molecular weight is 427 g/mol. The minimum absolute atomic E-state index is 0.185. The number of sulfonamides is 1. The molecule has 0 spiro atoms. The van der Waals surface area contributed by atoms with Crippen LogP contribution in [0.1, 0.15) is 20.8 Å². The van der Waals surface area contributed by atoms with Crippen molar-refractivity contribution in [1.29, 1.82) is 0 Å². The molecule has 0 fully saturated rings. The van der Waals surface area contributed by atoms with E-state index in [0.29, 0.717) is 0 Å². The Hall–Kier alpha value is -0.800. The summed E-state index contributed by atoms with van der Waals surface area (Å²) in [6.45, 7) is 3.18. The molecule has 0 aliphatic heterocycles. The third-order valence-corrected chi connectivity index (χ3v) is 5.15. The summed E-state index contributed by atoms with van der Waals surface area (Å²) in [6.07, 6.45) is -7.18. The van der Waals surface area contributed by atoms with Crippen molar-refractivity contribution in [2.75, 3.05) is 19.6 Å². The quantitative estimate of drug-likeness (QED) is 0.419. The van der Waals surface area contributed by atoms with E-state index in [-0.39, 0.29) is 13.1 Å². The van der Waals surface area contributed by atoms with Crippen molar-refractivity contribution in [3.63, 3.8) is 0 Å². The highest BCUT2D eigenvalue weighted by molar-refractivity contribution is 7.90. The molecule has 0 aromatic rings. The lowest BCUT2D eigenvalue weighted by atomic mass is 10.1. The zero-order chi connectivity index (χ0) is 21.4. The van der Waals surface area contributed by atoms with Crippen LogP contribution in [0.4, 0.5) is 39.5 Å². The molecule has 15 heteroatoms. The van der Waals surface area contributed by atoms with E-state index in [1.54, 1.807) is 0 Å². The van der Waals surface area contributed by atoms with Gasteiger partial charge in [-0.2, -0.15) is 39.5 Å². The van der Waals surface area contributed by atoms with Crippen LogP contribution in [0.25, 0.3) is 0 Å². The van der Waals surface area contributed by atoms with Crippen molar-refractivity contribution in [2.24, 2.45) is 0 Å². The van der Waals surface area contributed by atoms with Gasteiger partial charge in [-0.05, 0) is 20.0 Å². The second-order valence-electron chi connectivity index (χ2n) is 5.22. The van der Waals surface area contributed by atoms with Gasteiger partial charge in [0.2, 0.25) is 0 Å². The first-order valence-electron chi connectivity index (χ1n) is 6.96. The number of hydrogen-bond donors (Lipinski definition) is 0. The zero-order valence-electron chi connectivity index (χ0n) is 13.6. The Labute approximate surface area is 143 Å². The largest absolute Gasteiger partial charge is 0.772 e. The van der Waals surface area contributed by atoms with Crippen molar-refractivity contribution in [2.45, 2.75) is 50.1 Å². The Bertz CT molecular complexity index is 576. The maximum Gasteiger partial charge on any atom is 0.460 e. The van der Waals surface area contributed by atoms with Crippen LogP contribution in [-0.2, 0) is 10.0 Å². The molecule has 0 aromatic carbocycles. The van der Waals surface area contributed by atoms with Crippen LogP contribution in [0.5, 0.6) is 0 Å². The van der Waals surface area contributed by atoms with E-state index in [2.05, 4.69) is 0 Å². The Balaban J connectivity index is 5.89. The lowest BCUT2D eigenvalue weighted by Gasteiger charge is -2.39. The maximum absolute atomic E-state index is 13.5. The van der Waals surface area contributed by atoms with Crippen molar-refractivity contribution in [1.82, 2.24) is 9.37 Å². The monoisotopic (exact) mass is 427 g/mol. The van der Waals surface area contributed by atoms with Crippen LogP contribution in [0, 0.1) is 5.21 Å². The fourth-order valence-electron chi connectivity index (χ4n) is 1.93. The number of hydroxylamine groups is 1. The molecule has 26 heavy (non-hydrogen) atoms. The summed E-state index contributed by atoms with van der Waals surface area (Å²) in [4.78, 5) is 1.33. The summed E-state index contributed by atoms with van der Waals surface area (Å²) < 4.78 is 136. The minimum Gasteiger partial charge on any atom is -0.772 e. The number of halogens is 9. The first-order valence-corrected chi connectivity index (χ1v) is 8.40. The molecular weight excluding hydrogens is 411 g/mol. The summed E-state index contributed by atoms with van der Waals surface area (Å²) in [6, 6.07) is -1.11. The summed E-state index contributed by atoms with van der Waals surface area (Å²) in [5, 5.41) is 4.43. The lowest BCUT2D eigenvalue weighted by molar-refractivity contribution is -0.382. The number of alkyl halides is 9. The van der Waals surface area contributed by atoms with Crippen LogP contribution in [-0.4, -0.2) is 66.7 Å². The van der Waals surface area contributed by atoms with Gasteiger partial charge in [-0.15, -0.1) is 0 Å². The van der Waals surface area contributed by atoms with Crippen LogP contribution < -0.4 is 0 Å². The zero-order valence-corrected chi connectivity index (χ0v) is 14.4. The average Bonchev–Trinajstić information content (AvgIpc) is 2.46. The van der Waals surface area contributed by atoms with E-state index in [9.17, 15) is 53.1 Å². The Morgan fingerprint density at radius 2 is 1.27 bits per heavy atom. The highest BCUT2D eigenvalue weighted by Crippen LogP contribution is 2.55. The van der Waals surface area contributed by atoms with E-state index in [1.165, 1.54) is 18.7 Å². The summed E-state index contributed by atoms with van der Waals surface area (Å²) in [7, 11) is -7.10. The molecule has 158 valence electrons. The molecule has 0 aliphatic carbocycles. The third kappa shape index (κ3) is 4.04. The summed E-state index contributed by atoms with van der Waals surface area (Å²) in [5.74, 6) is -14.8. The fourth-order valence-corrected chi connectivity index (χ4v) is 3.05. The Morgan fingerprint density at radius 1 is 0.885 bits per heavy atom. The smallest absolute Gasteiger partial charge is 0.460 e. The number of nitrogens with zero attached hydrogens (tertiary/aromatic N) is 2. The van der Waals surface area contributed by atoms with Gasteiger partial charge in [0.15, 0.2) is 0 Å². The van der Waals surface area contributed by atoms with Gasteiger partial charge in [-0.3, -0.25) is 9.37 Å². The molecule has 1 unspecified atom stereocenters. The molecule has 0 saturated heterocycles. The van der Waals surface area contributed by atoms with Crippen LogP contribution in [0.3, 0.4) is 0 Å². The number of hydrogen-bond acceptors (Lipinski definition) is 4. The molecule has 0 N–H and O–H groups in total. The first-order chi connectivity index (χ1) is 11.3. The summed E-state index contributed by atoms with van der Waals surface area (Å²) >= 11 is 0. The third-order valence-electron chi connectivity index (χ3n) is 3.56. The summed E-state index contributed by atoms with van der Waals surface area (Å²) in [5.41, 5.74) is 0. The molecule has 0 bridgehead atoms. The highest BCUT2D eigenvalue weighted by atomic mass is 32.2. The molecule has 0 rings (SSSR count). The Morgan fingerprint density at radius 3 is 1.58 bits per heavy atom. The number of likely N-dealkylation sites (N-methyl/N-ethyl adjacent to an activating group) is 1. The minimum atomic E-state index is -7.42. The van der Waals surface area contributed by atoms with Gasteiger partial charge in [-0.1, -0.05) is 13.8 Å². The van der Waals surface area contributed by atoms with Gasteiger partial charge in [0.1, 0.15) is 0 Å². The molecule has 5 nitrogen and oxygen atoms in total.